The summed E-state index contributed by atoms with van der Waals surface area (Å²) in [4.78, 5) is 19.0. The summed E-state index contributed by atoms with van der Waals surface area (Å²) in [7, 11) is 1.61. The van der Waals surface area contributed by atoms with E-state index in [0.29, 0.717) is 23.7 Å². The Morgan fingerprint density at radius 3 is 2.77 bits per heavy atom. The molecule has 0 aliphatic carbocycles. The molecule has 0 radical (unpaired) electrons. The van der Waals surface area contributed by atoms with Gasteiger partial charge < -0.3 is 20.7 Å². The number of nitrogens with one attached hydrogen (secondary N) is 1. The number of halogens is 2. The van der Waals surface area contributed by atoms with Gasteiger partial charge in [0.1, 0.15) is 11.6 Å². The summed E-state index contributed by atoms with van der Waals surface area (Å²) in [5.41, 5.74) is 7.30. The average Bonchev–Trinajstić information content (AvgIpc) is 2.62. The maximum absolute atomic E-state index is 12.9. The number of nitrogens with zero attached hydrogens (tertiary/aromatic N) is 2. The van der Waals surface area contributed by atoms with Crippen molar-refractivity contribution in [3.8, 4) is 5.75 Å². The summed E-state index contributed by atoms with van der Waals surface area (Å²) in [6.07, 6.45) is 3.56. The van der Waals surface area contributed by atoms with Crippen molar-refractivity contribution < 1.29 is 9.53 Å². The fourth-order valence-corrected chi connectivity index (χ4v) is 2.92. The van der Waals surface area contributed by atoms with E-state index in [1.165, 1.54) is 0 Å². The average molecular weight is 399 g/mol. The Kier molecular flexibility index (Phi) is 8.65. The van der Waals surface area contributed by atoms with Gasteiger partial charge in [-0.05, 0) is 37.1 Å². The van der Waals surface area contributed by atoms with Crippen molar-refractivity contribution in [1.82, 2.24) is 9.88 Å². The van der Waals surface area contributed by atoms with Crippen LogP contribution in [0.1, 0.15) is 23.2 Å². The third-order valence-corrected chi connectivity index (χ3v) is 4.14. The minimum Gasteiger partial charge on any atom is -0.495 e. The van der Waals surface area contributed by atoms with E-state index in [2.05, 4.69) is 10.3 Å². The minimum absolute atomic E-state index is 0. The zero-order chi connectivity index (χ0) is 16.9. The van der Waals surface area contributed by atoms with Gasteiger partial charge in [0.15, 0.2) is 0 Å². The Labute approximate surface area is 165 Å². The molecule has 0 bridgehead atoms. The number of carbonyl (C=O) groups is 1. The van der Waals surface area contributed by atoms with Crippen LogP contribution >= 0.6 is 24.8 Å². The van der Waals surface area contributed by atoms with Gasteiger partial charge in [0, 0.05) is 25.3 Å². The number of benzene rings is 1. The lowest BCUT2D eigenvalue weighted by Crippen LogP contribution is -2.45. The van der Waals surface area contributed by atoms with Crippen LogP contribution in [0.25, 0.3) is 0 Å². The van der Waals surface area contributed by atoms with Crippen molar-refractivity contribution in [2.24, 2.45) is 5.73 Å². The van der Waals surface area contributed by atoms with Crippen LogP contribution in [-0.2, 0) is 0 Å². The molecule has 1 fully saturated rings. The second-order valence-corrected chi connectivity index (χ2v) is 5.88. The normalized spacial score (nSPS) is 16.1. The topological polar surface area (TPSA) is 80.5 Å². The lowest BCUT2D eigenvalue weighted by molar-refractivity contribution is 0.0709. The minimum atomic E-state index is -0.0457. The molecule has 26 heavy (non-hydrogen) atoms. The van der Waals surface area contributed by atoms with Gasteiger partial charge in [0.05, 0.1) is 18.4 Å². The molecule has 0 spiro atoms. The predicted octanol–water partition coefficient (Wildman–Crippen LogP) is 3.24. The van der Waals surface area contributed by atoms with Crippen molar-refractivity contribution in [2.75, 3.05) is 25.5 Å². The van der Waals surface area contributed by atoms with Gasteiger partial charge in [-0.15, -0.1) is 24.8 Å². The number of hydrogen-bond donors (Lipinski definition) is 2. The number of para-hydroxylation sites is 2. The summed E-state index contributed by atoms with van der Waals surface area (Å²) in [5, 5.41) is 3.21. The van der Waals surface area contributed by atoms with E-state index in [4.69, 9.17) is 10.5 Å². The van der Waals surface area contributed by atoms with Crippen LogP contribution in [0.4, 0.5) is 11.5 Å². The third kappa shape index (κ3) is 5.00. The summed E-state index contributed by atoms with van der Waals surface area (Å²) < 4.78 is 5.35. The summed E-state index contributed by atoms with van der Waals surface area (Å²) in [6, 6.07) is 11.1. The van der Waals surface area contributed by atoms with Gasteiger partial charge in [-0.2, -0.15) is 0 Å². The zero-order valence-electron chi connectivity index (χ0n) is 14.6. The van der Waals surface area contributed by atoms with E-state index in [1.807, 2.05) is 24.3 Å². The van der Waals surface area contributed by atoms with Crippen molar-refractivity contribution in [3.63, 3.8) is 0 Å². The number of nitrogens with two attached hydrogens (primary N) is 1. The molecule has 1 atom stereocenters. The molecule has 6 nitrogen and oxygen atoms in total. The predicted molar refractivity (Wildman–Crippen MR) is 108 cm³/mol. The van der Waals surface area contributed by atoms with E-state index >= 15 is 0 Å². The molecule has 1 saturated heterocycles. The van der Waals surface area contributed by atoms with Gasteiger partial charge in [-0.1, -0.05) is 12.1 Å². The monoisotopic (exact) mass is 398 g/mol. The lowest BCUT2D eigenvalue weighted by atomic mass is 10.1. The molecular weight excluding hydrogens is 375 g/mol. The number of anilines is 2. The number of likely N-dealkylation sites (tertiary alicyclic amines) is 1. The van der Waals surface area contributed by atoms with Crippen LogP contribution in [0.2, 0.25) is 0 Å². The summed E-state index contributed by atoms with van der Waals surface area (Å²) in [5.74, 6) is 1.17. The van der Waals surface area contributed by atoms with E-state index in [0.717, 1.165) is 25.1 Å². The van der Waals surface area contributed by atoms with Crippen LogP contribution in [-0.4, -0.2) is 42.0 Å². The van der Waals surface area contributed by atoms with Crippen LogP contribution in [0, 0.1) is 0 Å². The highest BCUT2D eigenvalue weighted by Gasteiger charge is 2.24. The van der Waals surface area contributed by atoms with Crippen LogP contribution in [0.3, 0.4) is 0 Å². The Morgan fingerprint density at radius 1 is 1.27 bits per heavy atom. The SMILES string of the molecule is COc1ccccc1Nc1ncccc1C(=O)N1CCCC(N)C1.Cl.Cl. The van der Waals surface area contributed by atoms with Gasteiger partial charge in [0.2, 0.25) is 0 Å². The maximum atomic E-state index is 12.9. The molecular formula is C18H24Cl2N4O2. The third-order valence-electron chi connectivity index (χ3n) is 4.14. The summed E-state index contributed by atoms with van der Waals surface area (Å²) in [6.45, 7) is 1.32. The maximum Gasteiger partial charge on any atom is 0.257 e. The van der Waals surface area contributed by atoms with Gasteiger partial charge in [0.25, 0.3) is 5.91 Å². The summed E-state index contributed by atoms with van der Waals surface area (Å²) >= 11 is 0. The van der Waals surface area contributed by atoms with Crippen molar-refractivity contribution in [2.45, 2.75) is 18.9 Å². The van der Waals surface area contributed by atoms with Crippen molar-refractivity contribution >= 4 is 42.2 Å². The van der Waals surface area contributed by atoms with Crippen LogP contribution in [0.5, 0.6) is 5.75 Å². The molecule has 1 aliphatic rings. The second-order valence-electron chi connectivity index (χ2n) is 5.88. The number of pyridine rings is 1. The van der Waals surface area contributed by atoms with E-state index in [1.54, 1.807) is 30.3 Å². The fraction of sp³-hybridized carbons (Fsp3) is 0.333. The first-order chi connectivity index (χ1) is 11.7. The molecule has 1 amide bonds. The number of piperidine rings is 1. The molecule has 3 rings (SSSR count). The van der Waals surface area contributed by atoms with Crippen LogP contribution < -0.4 is 15.8 Å². The molecule has 2 heterocycles. The molecule has 142 valence electrons. The number of ether oxygens (including phenoxy) is 1. The molecule has 3 N–H and O–H groups in total. The van der Waals surface area contributed by atoms with E-state index < -0.39 is 0 Å². The van der Waals surface area contributed by atoms with E-state index in [9.17, 15) is 4.79 Å². The number of methoxy groups -OCH3 is 1. The van der Waals surface area contributed by atoms with Crippen molar-refractivity contribution in [1.29, 1.82) is 0 Å². The molecule has 1 unspecified atom stereocenters. The largest absolute Gasteiger partial charge is 0.495 e. The lowest BCUT2D eigenvalue weighted by Gasteiger charge is -2.31. The number of carbonyl (C=O) groups excluding carboxylic acids is 1. The Hall–Kier alpha value is -2.02. The standard InChI is InChI=1S/C18H22N4O2.2ClH/c1-24-16-9-3-2-8-15(16)21-17-14(7-4-10-20-17)18(23)22-11-5-6-13(19)12-22;;/h2-4,7-10,13H,5-6,11-12,19H2,1H3,(H,20,21);2*1H. The zero-order valence-corrected chi connectivity index (χ0v) is 16.2. The molecule has 0 saturated carbocycles. The highest BCUT2D eigenvalue weighted by molar-refractivity contribution is 5.99. The Morgan fingerprint density at radius 2 is 2.04 bits per heavy atom. The Balaban J connectivity index is 0.00000169. The molecule has 8 heteroatoms. The molecule has 2 aromatic rings. The molecule has 1 aromatic carbocycles. The second kappa shape index (κ2) is 10.2. The van der Waals surface area contributed by atoms with Crippen LogP contribution in [0.15, 0.2) is 42.6 Å². The quantitative estimate of drug-likeness (QED) is 0.825. The number of hydrogen-bond acceptors (Lipinski definition) is 5. The number of rotatable bonds is 4. The van der Waals surface area contributed by atoms with Gasteiger partial charge in [-0.3, -0.25) is 4.79 Å². The molecule has 1 aromatic heterocycles. The molecule has 1 aliphatic heterocycles. The number of aromatic nitrogens is 1. The van der Waals surface area contributed by atoms with Crippen molar-refractivity contribution in [3.05, 3.63) is 48.2 Å². The fourth-order valence-electron chi connectivity index (χ4n) is 2.92. The van der Waals surface area contributed by atoms with E-state index in [-0.39, 0.29) is 36.8 Å². The first-order valence-electron chi connectivity index (χ1n) is 8.09. The first-order valence-corrected chi connectivity index (χ1v) is 8.09. The first kappa shape index (κ1) is 22.0. The highest BCUT2D eigenvalue weighted by atomic mass is 35.5. The van der Waals surface area contributed by atoms with Gasteiger partial charge >= 0.3 is 0 Å². The smallest absolute Gasteiger partial charge is 0.257 e. The Bertz CT molecular complexity index is 730. The highest BCUT2D eigenvalue weighted by Crippen LogP contribution is 2.28. The number of amides is 1. The van der Waals surface area contributed by atoms with Gasteiger partial charge in [-0.25, -0.2) is 4.98 Å².